The lowest BCUT2D eigenvalue weighted by atomic mass is 10.2. The van der Waals surface area contributed by atoms with Crippen molar-refractivity contribution in [1.29, 1.82) is 0 Å². The average Bonchev–Trinajstić information content (AvgIpc) is 2.77. The highest BCUT2D eigenvalue weighted by Crippen LogP contribution is 2.24. The van der Waals surface area contributed by atoms with Gasteiger partial charge in [0.1, 0.15) is 5.52 Å². The predicted molar refractivity (Wildman–Crippen MR) is 70.1 cm³/mol. The fourth-order valence-corrected chi connectivity index (χ4v) is 1.77. The van der Waals surface area contributed by atoms with Gasteiger partial charge in [0.25, 0.3) is 11.7 Å². The van der Waals surface area contributed by atoms with Crippen molar-refractivity contribution in [1.82, 2.24) is 4.98 Å². The maximum absolute atomic E-state index is 10.7. The number of aliphatic hydroxyl groups excluding tert-OH is 1. The fraction of sp³-hybridized carbons (Fsp3) is 0.417. The summed E-state index contributed by atoms with van der Waals surface area (Å²) in [6.07, 6.45) is 1.48. The number of nitrogens with one attached hydrogen (secondary N) is 1. The van der Waals surface area contributed by atoms with E-state index in [1.807, 2.05) is 6.92 Å². The first kappa shape index (κ1) is 13.3. The van der Waals surface area contributed by atoms with Crippen LogP contribution >= 0.6 is 0 Å². The molecule has 0 bridgehead atoms. The van der Waals surface area contributed by atoms with Crippen LogP contribution in [0.4, 0.5) is 11.7 Å². The molecule has 1 aromatic heterocycles. The largest absolute Gasteiger partial charge is 0.423 e. The van der Waals surface area contributed by atoms with Gasteiger partial charge in [-0.05, 0) is 25.8 Å². The van der Waals surface area contributed by atoms with Crippen LogP contribution in [0.25, 0.3) is 11.1 Å². The normalized spacial score (nSPS) is 12.5. The number of hydrogen-bond acceptors (Lipinski definition) is 6. The number of aliphatic hydroxyl groups is 1. The summed E-state index contributed by atoms with van der Waals surface area (Å²) in [5.41, 5.74) is 0.928. The second kappa shape index (κ2) is 5.66. The number of fused-ring (bicyclic) bond motifs is 1. The van der Waals surface area contributed by atoms with E-state index in [9.17, 15) is 10.1 Å². The van der Waals surface area contributed by atoms with E-state index in [1.165, 1.54) is 12.1 Å². The van der Waals surface area contributed by atoms with Crippen LogP contribution in [0, 0.1) is 10.1 Å². The van der Waals surface area contributed by atoms with Crippen molar-refractivity contribution in [3.8, 4) is 0 Å². The first-order valence-electron chi connectivity index (χ1n) is 6.02. The maximum atomic E-state index is 10.7. The molecule has 1 unspecified atom stereocenters. The second-order valence-corrected chi connectivity index (χ2v) is 4.34. The molecule has 7 heteroatoms. The topological polar surface area (TPSA) is 101 Å². The third kappa shape index (κ3) is 3.19. The molecule has 2 aromatic rings. The summed E-state index contributed by atoms with van der Waals surface area (Å²) in [5.74, 6) is 0. The average molecular weight is 265 g/mol. The lowest BCUT2D eigenvalue weighted by Gasteiger charge is -2.10. The Morgan fingerprint density at radius 3 is 3.05 bits per heavy atom. The SMILES string of the molecule is CC(CCCO)Nc1nc2ccc([N+](=O)[O-])cc2o1. The minimum atomic E-state index is -0.473. The fourth-order valence-electron chi connectivity index (χ4n) is 1.77. The molecule has 0 amide bonds. The first-order chi connectivity index (χ1) is 9.10. The van der Waals surface area contributed by atoms with Crippen molar-refractivity contribution in [2.75, 3.05) is 11.9 Å². The highest BCUT2D eigenvalue weighted by molar-refractivity contribution is 5.77. The van der Waals surface area contributed by atoms with Gasteiger partial charge in [-0.15, -0.1) is 0 Å². The Bertz CT molecular complexity index is 581. The van der Waals surface area contributed by atoms with Gasteiger partial charge >= 0.3 is 0 Å². The highest BCUT2D eigenvalue weighted by atomic mass is 16.6. The molecule has 0 radical (unpaired) electrons. The standard InChI is InChI=1S/C12H15N3O4/c1-8(3-2-6-16)13-12-14-10-5-4-9(15(17)18)7-11(10)19-12/h4-5,7-8,16H,2-3,6H2,1H3,(H,13,14). The summed E-state index contributed by atoms with van der Waals surface area (Å²) in [4.78, 5) is 14.4. The molecule has 1 aromatic carbocycles. The Labute approximate surface area is 109 Å². The molecule has 0 fully saturated rings. The van der Waals surface area contributed by atoms with Crippen molar-refractivity contribution >= 4 is 22.8 Å². The number of nitro benzene ring substituents is 1. The van der Waals surface area contributed by atoms with E-state index >= 15 is 0 Å². The number of non-ortho nitro benzene ring substituents is 1. The quantitative estimate of drug-likeness (QED) is 0.613. The van der Waals surface area contributed by atoms with Crippen molar-refractivity contribution in [2.24, 2.45) is 0 Å². The van der Waals surface area contributed by atoms with Gasteiger partial charge in [-0.3, -0.25) is 10.1 Å². The third-order valence-electron chi connectivity index (χ3n) is 2.75. The highest BCUT2D eigenvalue weighted by Gasteiger charge is 2.12. The minimum absolute atomic E-state index is 0.0245. The van der Waals surface area contributed by atoms with Gasteiger partial charge in [-0.1, -0.05) is 0 Å². The van der Waals surface area contributed by atoms with Crippen molar-refractivity contribution in [2.45, 2.75) is 25.8 Å². The monoisotopic (exact) mass is 265 g/mol. The van der Waals surface area contributed by atoms with Crippen LogP contribution in [0.5, 0.6) is 0 Å². The van der Waals surface area contributed by atoms with E-state index in [-0.39, 0.29) is 18.3 Å². The zero-order valence-electron chi connectivity index (χ0n) is 10.5. The maximum Gasteiger partial charge on any atom is 0.295 e. The van der Waals surface area contributed by atoms with E-state index in [4.69, 9.17) is 9.52 Å². The van der Waals surface area contributed by atoms with E-state index in [2.05, 4.69) is 10.3 Å². The van der Waals surface area contributed by atoms with Gasteiger partial charge in [0.15, 0.2) is 5.58 Å². The molecule has 2 N–H and O–H groups in total. The minimum Gasteiger partial charge on any atom is -0.423 e. The molecule has 2 rings (SSSR count). The molecule has 0 aliphatic heterocycles. The number of rotatable bonds is 6. The van der Waals surface area contributed by atoms with Crippen molar-refractivity contribution < 1.29 is 14.4 Å². The van der Waals surface area contributed by atoms with Crippen molar-refractivity contribution in [3.63, 3.8) is 0 Å². The predicted octanol–water partition coefficient (Wildman–Crippen LogP) is 2.31. The lowest BCUT2D eigenvalue weighted by molar-refractivity contribution is -0.384. The summed E-state index contributed by atoms with van der Waals surface area (Å²) < 4.78 is 5.42. The summed E-state index contributed by atoms with van der Waals surface area (Å²) in [6.45, 7) is 2.10. The molecule has 1 atom stereocenters. The van der Waals surface area contributed by atoms with Crippen LogP contribution < -0.4 is 5.32 Å². The van der Waals surface area contributed by atoms with E-state index in [0.29, 0.717) is 23.5 Å². The van der Waals surface area contributed by atoms with Gasteiger partial charge < -0.3 is 14.8 Å². The van der Waals surface area contributed by atoms with Crippen LogP contribution in [0.15, 0.2) is 22.6 Å². The second-order valence-electron chi connectivity index (χ2n) is 4.34. The summed E-state index contributed by atoms with van der Waals surface area (Å²) >= 11 is 0. The van der Waals surface area contributed by atoms with Gasteiger partial charge in [0.05, 0.1) is 11.0 Å². The van der Waals surface area contributed by atoms with Crippen molar-refractivity contribution in [3.05, 3.63) is 28.3 Å². The first-order valence-corrected chi connectivity index (χ1v) is 6.02. The molecule has 102 valence electrons. The number of aromatic nitrogens is 1. The zero-order valence-corrected chi connectivity index (χ0v) is 10.5. The van der Waals surface area contributed by atoms with Crippen LogP contribution in [-0.4, -0.2) is 27.7 Å². The molecular formula is C12H15N3O4. The van der Waals surface area contributed by atoms with Crippen LogP contribution in [-0.2, 0) is 0 Å². The number of nitro groups is 1. The molecule has 1 heterocycles. The molecule has 0 aliphatic rings. The number of benzene rings is 1. The van der Waals surface area contributed by atoms with E-state index < -0.39 is 4.92 Å². The molecule has 0 spiro atoms. The van der Waals surface area contributed by atoms with Gasteiger partial charge in [-0.25, -0.2) is 0 Å². The van der Waals surface area contributed by atoms with Gasteiger partial charge in [-0.2, -0.15) is 4.98 Å². The van der Waals surface area contributed by atoms with E-state index in [0.717, 1.165) is 6.42 Å². The summed E-state index contributed by atoms with van der Waals surface area (Å²) in [7, 11) is 0. The van der Waals surface area contributed by atoms with Crippen LogP contribution in [0.3, 0.4) is 0 Å². The zero-order chi connectivity index (χ0) is 13.8. The lowest BCUT2D eigenvalue weighted by Crippen LogP contribution is -2.15. The third-order valence-corrected chi connectivity index (χ3v) is 2.75. The molecule has 0 aliphatic carbocycles. The smallest absolute Gasteiger partial charge is 0.295 e. The number of oxazole rings is 1. The summed E-state index contributed by atoms with van der Waals surface area (Å²) in [5, 5.41) is 22.5. The molecule has 19 heavy (non-hydrogen) atoms. The Balaban J connectivity index is 2.15. The summed E-state index contributed by atoms with van der Waals surface area (Å²) in [6, 6.07) is 4.74. The molecular weight excluding hydrogens is 250 g/mol. The van der Waals surface area contributed by atoms with Gasteiger partial charge in [0.2, 0.25) is 0 Å². The number of nitrogens with zero attached hydrogens (tertiary/aromatic N) is 2. The Kier molecular flexibility index (Phi) is 3.96. The Hall–Kier alpha value is -2.15. The number of hydrogen-bond donors (Lipinski definition) is 2. The molecule has 0 saturated carbocycles. The van der Waals surface area contributed by atoms with E-state index in [1.54, 1.807) is 6.07 Å². The van der Waals surface area contributed by atoms with Crippen LogP contribution in [0.1, 0.15) is 19.8 Å². The Morgan fingerprint density at radius 2 is 2.37 bits per heavy atom. The number of anilines is 1. The van der Waals surface area contributed by atoms with Crippen LogP contribution in [0.2, 0.25) is 0 Å². The van der Waals surface area contributed by atoms with Gasteiger partial charge in [0, 0.05) is 18.7 Å². The Morgan fingerprint density at radius 1 is 1.58 bits per heavy atom. The molecule has 7 nitrogen and oxygen atoms in total. The molecule has 0 saturated heterocycles.